The van der Waals surface area contributed by atoms with Crippen LogP contribution in [0.5, 0.6) is 5.88 Å². The quantitative estimate of drug-likeness (QED) is 0.854. The van der Waals surface area contributed by atoms with Crippen LogP contribution in [0, 0.1) is 0 Å². The van der Waals surface area contributed by atoms with Gasteiger partial charge in [0.1, 0.15) is 5.56 Å². The van der Waals surface area contributed by atoms with Gasteiger partial charge < -0.3 is 19.6 Å². The van der Waals surface area contributed by atoms with Gasteiger partial charge in [-0.15, -0.1) is 0 Å². The van der Waals surface area contributed by atoms with E-state index in [1.165, 1.54) is 7.11 Å². The molecule has 2 unspecified atom stereocenters. The van der Waals surface area contributed by atoms with Crippen LogP contribution in [0.25, 0.3) is 0 Å². The summed E-state index contributed by atoms with van der Waals surface area (Å²) >= 11 is 0. The molecule has 6 heteroatoms. The van der Waals surface area contributed by atoms with Crippen LogP contribution in [-0.4, -0.2) is 72.2 Å². The summed E-state index contributed by atoms with van der Waals surface area (Å²) in [5, 5.41) is 9.85. The molecule has 1 aromatic rings. The second kappa shape index (κ2) is 6.19. The summed E-state index contributed by atoms with van der Waals surface area (Å²) in [4.78, 5) is 20.4. The Morgan fingerprint density at radius 2 is 2.35 bits per heavy atom. The molecule has 1 saturated heterocycles. The van der Waals surface area contributed by atoms with E-state index in [1.807, 2.05) is 19.0 Å². The smallest absolute Gasteiger partial charge is 0.259 e. The van der Waals surface area contributed by atoms with Crippen molar-refractivity contribution in [3.05, 3.63) is 23.9 Å². The number of likely N-dealkylation sites (N-methyl/N-ethyl adjacent to an activating group) is 1. The number of rotatable bonds is 4. The summed E-state index contributed by atoms with van der Waals surface area (Å²) in [6.45, 7) is 1.08. The Balaban J connectivity index is 2.22. The number of likely N-dealkylation sites (tertiary alicyclic amines) is 1. The molecule has 1 aromatic heterocycles. The van der Waals surface area contributed by atoms with Crippen molar-refractivity contribution in [1.82, 2.24) is 14.8 Å². The number of carbonyl (C=O) groups is 1. The van der Waals surface area contributed by atoms with Crippen LogP contribution in [0.15, 0.2) is 18.3 Å². The fraction of sp³-hybridized carbons (Fsp3) is 0.571. The van der Waals surface area contributed by atoms with Gasteiger partial charge in [-0.05, 0) is 32.6 Å². The number of hydrogen-bond acceptors (Lipinski definition) is 5. The third-order valence-electron chi connectivity index (χ3n) is 3.42. The molecule has 1 aliphatic heterocycles. The standard InChI is InChI=1S/C14H21N3O3/c1-16(2)8-10-7-11(18)9-17(10)14(19)12-5-4-6-15-13(12)20-3/h4-6,10-11,18H,7-9H2,1-3H3. The van der Waals surface area contributed by atoms with Gasteiger partial charge in [-0.1, -0.05) is 0 Å². The van der Waals surface area contributed by atoms with Gasteiger partial charge in [-0.3, -0.25) is 4.79 Å². The van der Waals surface area contributed by atoms with E-state index < -0.39 is 6.10 Å². The number of aliphatic hydroxyl groups is 1. The van der Waals surface area contributed by atoms with Gasteiger partial charge in [0.25, 0.3) is 5.91 Å². The van der Waals surface area contributed by atoms with Crippen LogP contribution in [-0.2, 0) is 0 Å². The van der Waals surface area contributed by atoms with E-state index in [9.17, 15) is 9.90 Å². The number of methoxy groups -OCH3 is 1. The Morgan fingerprint density at radius 1 is 1.60 bits per heavy atom. The number of β-amino-alcohol motifs (C(OH)–C–C–N with tert-alkyl or cyclic N) is 1. The van der Waals surface area contributed by atoms with Crippen LogP contribution < -0.4 is 4.74 Å². The number of nitrogens with zero attached hydrogens (tertiary/aromatic N) is 3. The fourth-order valence-corrected chi connectivity index (χ4v) is 2.61. The topological polar surface area (TPSA) is 65.9 Å². The number of pyridine rings is 1. The highest BCUT2D eigenvalue weighted by molar-refractivity contribution is 5.96. The number of aliphatic hydroxyl groups excluding tert-OH is 1. The van der Waals surface area contributed by atoms with Gasteiger partial charge in [-0.2, -0.15) is 0 Å². The molecule has 1 aliphatic rings. The maximum atomic E-state index is 12.6. The van der Waals surface area contributed by atoms with E-state index >= 15 is 0 Å². The maximum absolute atomic E-state index is 12.6. The van der Waals surface area contributed by atoms with E-state index in [0.29, 0.717) is 24.4 Å². The van der Waals surface area contributed by atoms with Crippen LogP contribution in [0.3, 0.4) is 0 Å². The van der Waals surface area contributed by atoms with Crippen LogP contribution in [0.4, 0.5) is 0 Å². The molecule has 0 bridgehead atoms. The van der Waals surface area contributed by atoms with Gasteiger partial charge in [0, 0.05) is 25.3 Å². The summed E-state index contributed by atoms with van der Waals surface area (Å²) in [5.41, 5.74) is 0.438. The summed E-state index contributed by atoms with van der Waals surface area (Å²) in [6.07, 6.45) is 1.73. The van der Waals surface area contributed by atoms with Crippen molar-refractivity contribution in [2.45, 2.75) is 18.6 Å². The third-order valence-corrected chi connectivity index (χ3v) is 3.42. The Kier molecular flexibility index (Phi) is 4.57. The molecule has 1 N–H and O–H groups in total. The van der Waals surface area contributed by atoms with Crippen molar-refractivity contribution in [2.24, 2.45) is 0 Å². The van der Waals surface area contributed by atoms with Gasteiger partial charge in [0.15, 0.2) is 0 Å². The minimum atomic E-state index is -0.466. The Bertz CT molecular complexity index is 478. The average molecular weight is 279 g/mol. The monoisotopic (exact) mass is 279 g/mol. The first kappa shape index (κ1) is 14.7. The first-order chi connectivity index (χ1) is 9.52. The lowest BCUT2D eigenvalue weighted by Gasteiger charge is -2.27. The summed E-state index contributed by atoms with van der Waals surface area (Å²) in [5.74, 6) is 0.181. The predicted molar refractivity (Wildman–Crippen MR) is 74.8 cm³/mol. The van der Waals surface area contributed by atoms with Gasteiger partial charge in [0.05, 0.1) is 13.2 Å². The Labute approximate surface area is 119 Å². The third kappa shape index (κ3) is 3.08. The van der Waals surface area contributed by atoms with Crippen molar-refractivity contribution >= 4 is 5.91 Å². The van der Waals surface area contributed by atoms with Gasteiger partial charge >= 0.3 is 0 Å². The number of carbonyl (C=O) groups excluding carboxylic acids is 1. The number of aromatic nitrogens is 1. The zero-order valence-electron chi connectivity index (χ0n) is 12.1. The molecule has 1 amide bonds. The molecule has 110 valence electrons. The SMILES string of the molecule is COc1ncccc1C(=O)N1CC(O)CC1CN(C)C. The van der Waals surface area contributed by atoms with Crippen molar-refractivity contribution in [3.8, 4) is 5.88 Å². The molecule has 0 saturated carbocycles. The Hall–Kier alpha value is -1.66. The van der Waals surface area contributed by atoms with E-state index in [-0.39, 0.29) is 11.9 Å². The number of ether oxygens (including phenoxy) is 1. The van der Waals surface area contributed by atoms with E-state index in [0.717, 1.165) is 6.54 Å². The molecule has 2 atom stereocenters. The highest BCUT2D eigenvalue weighted by atomic mass is 16.5. The van der Waals surface area contributed by atoms with E-state index in [1.54, 1.807) is 23.2 Å². The van der Waals surface area contributed by atoms with Crippen LogP contribution >= 0.6 is 0 Å². The molecule has 0 aliphatic carbocycles. The van der Waals surface area contributed by atoms with Crippen LogP contribution in [0.2, 0.25) is 0 Å². The first-order valence-electron chi connectivity index (χ1n) is 6.65. The molecule has 2 heterocycles. The summed E-state index contributed by atoms with van der Waals surface area (Å²) in [7, 11) is 5.41. The largest absolute Gasteiger partial charge is 0.480 e. The van der Waals surface area contributed by atoms with Crippen molar-refractivity contribution in [2.75, 3.05) is 34.3 Å². The lowest BCUT2D eigenvalue weighted by molar-refractivity contribution is 0.0695. The molecule has 20 heavy (non-hydrogen) atoms. The highest BCUT2D eigenvalue weighted by Gasteiger charge is 2.35. The normalized spacial score (nSPS) is 22.4. The first-order valence-corrected chi connectivity index (χ1v) is 6.65. The predicted octanol–water partition coefficient (Wildman–Crippen LogP) is 0.227. The minimum Gasteiger partial charge on any atom is -0.480 e. The summed E-state index contributed by atoms with van der Waals surface area (Å²) in [6, 6.07) is 3.42. The van der Waals surface area contributed by atoms with Crippen LogP contribution in [0.1, 0.15) is 16.8 Å². The second-order valence-corrected chi connectivity index (χ2v) is 5.32. The van der Waals surface area contributed by atoms with E-state index in [4.69, 9.17) is 4.74 Å². The second-order valence-electron chi connectivity index (χ2n) is 5.32. The van der Waals surface area contributed by atoms with Crippen molar-refractivity contribution in [3.63, 3.8) is 0 Å². The summed E-state index contributed by atoms with van der Waals surface area (Å²) < 4.78 is 5.14. The molecular weight excluding hydrogens is 258 g/mol. The van der Waals surface area contributed by atoms with Gasteiger partial charge in [0.2, 0.25) is 5.88 Å². The molecule has 1 fully saturated rings. The Morgan fingerprint density at radius 3 is 3.00 bits per heavy atom. The lowest BCUT2D eigenvalue weighted by atomic mass is 10.1. The lowest BCUT2D eigenvalue weighted by Crippen LogP contribution is -2.41. The van der Waals surface area contributed by atoms with E-state index in [2.05, 4.69) is 4.98 Å². The molecule has 0 aromatic carbocycles. The van der Waals surface area contributed by atoms with Crippen molar-refractivity contribution in [1.29, 1.82) is 0 Å². The zero-order chi connectivity index (χ0) is 14.7. The number of hydrogen-bond donors (Lipinski definition) is 1. The fourth-order valence-electron chi connectivity index (χ4n) is 2.61. The maximum Gasteiger partial charge on any atom is 0.259 e. The molecule has 0 spiro atoms. The zero-order valence-corrected chi connectivity index (χ0v) is 12.1. The van der Waals surface area contributed by atoms with Gasteiger partial charge in [-0.25, -0.2) is 4.98 Å². The molecule has 2 rings (SSSR count). The number of amides is 1. The average Bonchev–Trinajstić information content (AvgIpc) is 2.77. The minimum absolute atomic E-state index is 0.0115. The van der Waals surface area contributed by atoms with Crippen molar-refractivity contribution < 1.29 is 14.6 Å². The molecule has 6 nitrogen and oxygen atoms in total. The molecular formula is C14H21N3O3. The highest BCUT2D eigenvalue weighted by Crippen LogP contribution is 2.24. The molecule has 0 radical (unpaired) electrons.